The zero-order valence-electron chi connectivity index (χ0n) is 14.0. The number of sulfonamides is 1. The number of halogens is 1. The Morgan fingerprint density at radius 2 is 1.85 bits per heavy atom. The molecule has 0 saturated heterocycles. The number of amides is 1. The van der Waals surface area contributed by atoms with E-state index < -0.39 is 27.4 Å². The van der Waals surface area contributed by atoms with Crippen LogP contribution in [0.25, 0.3) is 0 Å². The van der Waals surface area contributed by atoms with Crippen molar-refractivity contribution in [2.45, 2.75) is 11.8 Å². The van der Waals surface area contributed by atoms with Crippen molar-refractivity contribution in [2.24, 2.45) is 0 Å². The first-order chi connectivity index (χ1) is 12.1. The molecule has 2 rings (SSSR count). The molecule has 0 unspecified atom stereocenters. The molecule has 1 amide bonds. The Kier molecular flexibility index (Phi) is 6.11. The molecule has 0 fully saturated rings. The van der Waals surface area contributed by atoms with Gasteiger partial charge in [-0.05, 0) is 37.3 Å². The number of nitro benzene ring substituents is 1. The maximum atomic E-state index is 12.5. The second-order valence-corrected chi connectivity index (χ2v) is 8.43. The van der Waals surface area contributed by atoms with Crippen LogP contribution in [0.1, 0.15) is 5.56 Å². The topological polar surface area (TPSA) is 110 Å². The molecule has 10 heteroatoms. The SMILES string of the molecule is Cc1c(NC(=O)CN(C)S(=O)(=O)c2ccc(Br)cc2)cccc1[N+](=O)[O-]. The fourth-order valence-corrected chi connectivity index (χ4v) is 3.61. The summed E-state index contributed by atoms with van der Waals surface area (Å²) in [6.07, 6.45) is 0. The molecule has 0 aliphatic heterocycles. The fourth-order valence-electron chi connectivity index (χ4n) is 2.22. The molecule has 8 nitrogen and oxygen atoms in total. The van der Waals surface area contributed by atoms with Crippen LogP contribution in [-0.4, -0.2) is 37.1 Å². The zero-order valence-corrected chi connectivity index (χ0v) is 16.4. The Morgan fingerprint density at radius 3 is 2.42 bits per heavy atom. The Hall–Kier alpha value is -2.30. The number of hydrogen-bond acceptors (Lipinski definition) is 5. The largest absolute Gasteiger partial charge is 0.324 e. The van der Waals surface area contributed by atoms with Crippen molar-refractivity contribution >= 4 is 43.2 Å². The van der Waals surface area contributed by atoms with Gasteiger partial charge in [-0.1, -0.05) is 22.0 Å². The lowest BCUT2D eigenvalue weighted by molar-refractivity contribution is -0.385. The van der Waals surface area contributed by atoms with Crippen molar-refractivity contribution in [3.63, 3.8) is 0 Å². The number of anilines is 1. The van der Waals surface area contributed by atoms with Gasteiger partial charge in [0, 0.05) is 17.6 Å². The second kappa shape index (κ2) is 7.94. The molecule has 2 aromatic carbocycles. The minimum absolute atomic E-state index is 0.0579. The number of nitrogens with zero attached hydrogens (tertiary/aromatic N) is 2. The van der Waals surface area contributed by atoms with Crippen molar-refractivity contribution < 1.29 is 18.1 Å². The van der Waals surface area contributed by atoms with Crippen LogP contribution in [0, 0.1) is 17.0 Å². The minimum Gasteiger partial charge on any atom is -0.324 e. The Morgan fingerprint density at radius 1 is 1.23 bits per heavy atom. The first kappa shape index (κ1) is 20.0. The standard InChI is InChI=1S/C16H16BrN3O5S/c1-11-14(4-3-5-15(11)20(22)23)18-16(21)10-19(2)26(24,25)13-8-6-12(17)7-9-13/h3-9H,10H2,1-2H3,(H,18,21). The third kappa shape index (κ3) is 4.45. The molecule has 0 atom stereocenters. The molecule has 0 bridgehead atoms. The van der Waals surface area contributed by atoms with E-state index in [1.54, 1.807) is 12.1 Å². The molecule has 0 heterocycles. The van der Waals surface area contributed by atoms with E-state index in [1.165, 1.54) is 44.3 Å². The normalized spacial score (nSPS) is 11.4. The number of benzene rings is 2. The van der Waals surface area contributed by atoms with Crippen molar-refractivity contribution in [1.29, 1.82) is 0 Å². The monoisotopic (exact) mass is 441 g/mol. The van der Waals surface area contributed by atoms with Crippen LogP contribution in [0.4, 0.5) is 11.4 Å². The van der Waals surface area contributed by atoms with Gasteiger partial charge >= 0.3 is 0 Å². The van der Waals surface area contributed by atoms with Gasteiger partial charge < -0.3 is 5.32 Å². The molecule has 0 aromatic heterocycles. The molecule has 0 aliphatic rings. The summed E-state index contributed by atoms with van der Waals surface area (Å²) in [6.45, 7) is 1.08. The van der Waals surface area contributed by atoms with Crippen LogP contribution in [0.2, 0.25) is 0 Å². The van der Waals surface area contributed by atoms with Gasteiger partial charge in [0.25, 0.3) is 5.69 Å². The van der Waals surface area contributed by atoms with Crippen molar-refractivity contribution in [3.8, 4) is 0 Å². The summed E-state index contributed by atoms with van der Waals surface area (Å²) in [6, 6.07) is 10.3. The first-order valence-electron chi connectivity index (χ1n) is 7.38. The number of carbonyl (C=O) groups is 1. The number of rotatable bonds is 6. The molecule has 1 N–H and O–H groups in total. The lowest BCUT2D eigenvalue weighted by Gasteiger charge is -2.17. The first-order valence-corrected chi connectivity index (χ1v) is 9.62. The highest BCUT2D eigenvalue weighted by molar-refractivity contribution is 9.10. The summed E-state index contributed by atoms with van der Waals surface area (Å²) < 4.78 is 26.6. The van der Waals surface area contributed by atoms with E-state index >= 15 is 0 Å². The van der Waals surface area contributed by atoms with Crippen LogP contribution >= 0.6 is 15.9 Å². The summed E-state index contributed by atoms with van der Waals surface area (Å²) in [4.78, 5) is 22.7. The Balaban J connectivity index is 2.14. The lowest BCUT2D eigenvalue weighted by atomic mass is 10.1. The number of likely N-dealkylation sites (N-methyl/N-ethyl adjacent to an activating group) is 1. The van der Waals surface area contributed by atoms with Gasteiger partial charge in [-0.15, -0.1) is 0 Å². The zero-order chi connectivity index (χ0) is 19.5. The number of hydrogen-bond donors (Lipinski definition) is 1. The van der Waals surface area contributed by atoms with Gasteiger partial charge in [0.1, 0.15) is 0 Å². The molecular formula is C16H16BrN3O5S. The summed E-state index contributed by atoms with van der Waals surface area (Å²) in [7, 11) is -2.54. The third-order valence-electron chi connectivity index (χ3n) is 3.66. The summed E-state index contributed by atoms with van der Waals surface area (Å²) in [5.41, 5.74) is 0.432. The van der Waals surface area contributed by atoms with E-state index in [0.29, 0.717) is 5.56 Å². The third-order valence-corrected chi connectivity index (χ3v) is 6.01. The molecule has 0 spiro atoms. The highest BCUT2D eigenvalue weighted by Crippen LogP contribution is 2.25. The predicted octanol–water partition coefficient (Wildman–Crippen LogP) is 2.92. The average Bonchev–Trinajstić information content (AvgIpc) is 2.56. The van der Waals surface area contributed by atoms with Crippen molar-refractivity contribution in [1.82, 2.24) is 4.31 Å². The molecule has 26 heavy (non-hydrogen) atoms. The molecule has 0 aliphatic carbocycles. The van der Waals surface area contributed by atoms with Crippen LogP contribution in [0.5, 0.6) is 0 Å². The van der Waals surface area contributed by atoms with Gasteiger partial charge in [0.05, 0.1) is 27.6 Å². The Labute approximate surface area is 159 Å². The van der Waals surface area contributed by atoms with E-state index in [-0.39, 0.29) is 16.3 Å². The van der Waals surface area contributed by atoms with E-state index in [1.807, 2.05) is 0 Å². The highest BCUT2D eigenvalue weighted by Gasteiger charge is 2.23. The molecule has 2 aromatic rings. The van der Waals surface area contributed by atoms with Crippen molar-refractivity contribution in [3.05, 3.63) is 62.6 Å². The Bertz CT molecular complexity index is 945. The average molecular weight is 442 g/mol. The smallest absolute Gasteiger partial charge is 0.274 e. The summed E-state index contributed by atoms with van der Waals surface area (Å²) in [5.74, 6) is -0.600. The fraction of sp³-hybridized carbons (Fsp3) is 0.188. The van der Waals surface area contributed by atoms with E-state index in [4.69, 9.17) is 0 Å². The predicted molar refractivity (Wildman–Crippen MR) is 100 cm³/mol. The number of carbonyl (C=O) groups excluding carboxylic acids is 1. The van der Waals surface area contributed by atoms with Gasteiger partial charge in [-0.2, -0.15) is 4.31 Å². The van der Waals surface area contributed by atoms with Crippen LogP contribution in [0.3, 0.4) is 0 Å². The maximum absolute atomic E-state index is 12.5. The highest BCUT2D eigenvalue weighted by atomic mass is 79.9. The minimum atomic E-state index is -3.83. The van der Waals surface area contributed by atoms with Gasteiger partial charge in [-0.25, -0.2) is 8.42 Å². The van der Waals surface area contributed by atoms with Gasteiger partial charge in [-0.3, -0.25) is 14.9 Å². The molecule has 0 radical (unpaired) electrons. The van der Waals surface area contributed by atoms with Gasteiger partial charge in [0.2, 0.25) is 15.9 Å². The van der Waals surface area contributed by atoms with Crippen LogP contribution in [0.15, 0.2) is 51.8 Å². The van der Waals surface area contributed by atoms with Crippen molar-refractivity contribution in [2.75, 3.05) is 18.9 Å². The molecular weight excluding hydrogens is 426 g/mol. The maximum Gasteiger partial charge on any atom is 0.274 e. The number of nitrogens with one attached hydrogen (secondary N) is 1. The van der Waals surface area contributed by atoms with E-state index in [0.717, 1.165) is 8.78 Å². The summed E-state index contributed by atoms with van der Waals surface area (Å²) in [5, 5.41) is 13.5. The number of nitro groups is 1. The van der Waals surface area contributed by atoms with E-state index in [9.17, 15) is 23.3 Å². The quantitative estimate of drug-likeness (QED) is 0.547. The van der Waals surface area contributed by atoms with Crippen LogP contribution in [-0.2, 0) is 14.8 Å². The molecule has 138 valence electrons. The molecule has 0 saturated carbocycles. The van der Waals surface area contributed by atoms with E-state index in [2.05, 4.69) is 21.2 Å². The summed E-state index contributed by atoms with van der Waals surface area (Å²) >= 11 is 3.23. The second-order valence-electron chi connectivity index (χ2n) is 5.47. The lowest BCUT2D eigenvalue weighted by Crippen LogP contribution is -2.35. The van der Waals surface area contributed by atoms with Crippen LogP contribution < -0.4 is 5.32 Å². The van der Waals surface area contributed by atoms with Gasteiger partial charge in [0.15, 0.2) is 0 Å².